The molecule has 0 radical (unpaired) electrons. The molecule has 2 amide bonds. The van der Waals surface area contributed by atoms with Crippen LogP contribution in [0, 0.1) is 17.6 Å². The van der Waals surface area contributed by atoms with Gasteiger partial charge in [0.1, 0.15) is 17.7 Å². The van der Waals surface area contributed by atoms with Crippen LogP contribution in [0.15, 0.2) is 18.2 Å². The number of nitrogens with zero attached hydrogens (tertiary/aromatic N) is 1. The summed E-state index contributed by atoms with van der Waals surface area (Å²) in [5.74, 6) is -3.42. The largest absolute Gasteiger partial charge is 0.480 e. The Labute approximate surface area is 161 Å². The molecule has 1 saturated heterocycles. The number of fused-ring (bicyclic) bond motifs is 1. The van der Waals surface area contributed by atoms with Crippen LogP contribution in [-0.2, 0) is 14.4 Å². The van der Waals surface area contributed by atoms with Crippen molar-refractivity contribution in [1.82, 2.24) is 10.2 Å². The minimum Gasteiger partial charge on any atom is -0.480 e. The molecule has 1 aromatic carbocycles. The predicted molar refractivity (Wildman–Crippen MR) is 96.2 cm³/mol. The number of amides is 2. The summed E-state index contributed by atoms with van der Waals surface area (Å²) in [5.41, 5.74) is -0.00350. The summed E-state index contributed by atoms with van der Waals surface area (Å²) in [6.45, 7) is 1.24. The quantitative estimate of drug-likeness (QED) is 0.804. The van der Waals surface area contributed by atoms with E-state index in [1.165, 1.54) is 17.9 Å². The second-order valence-corrected chi connectivity index (χ2v) is 7.63. The Hall–Kier alpha value is -2.51. The Balaban J connectivity index is 1.85. The topological polar surface area (TPSA) is 86.7 Å². The molecule has 1 heterocycles. The van der Waals surface area contributed by atoms with Gasteiger partial charge in [0.15, 0.2) is 0 Å². The third kappa shape index (κ3) is 4.15. The summed E-state index contributed by atoms with van der Waals surface area (Å²) in [7, 11) is 0. The first kappa shape index (κ1) is 20.2. The second kappa shape index (κ2) is 8.24. The van der Waals surface area contributed by atoms with Crippen LogP contribution in [0.25, 0.3) is 0 Å². The van der Waals surface area contributed by atoms with Gasteiger partial charge in [-0.05, 0) is 31.2 Å². The van der Waals surface area contributed by atoms with Crippen molar-refractivity contribution in [3.05, 3.63) is 35.4 Å². The Morgan fingerprint density at radius 2 is 1.96 bits per heavy atom. The van der Waals surface area contributed by atoms with Crippen LogP contribution in [0.1, 0.15) is 57.1 Å². The molecule has 2 N–H and O–H groups in total. The Bertz CT molecular complexity index is 785. The number of hydrogen-bond acceptors (Lipinski definition) is 3. The van der Waals surface area contributed by atoms with E-state index >= 15 is 0 Å². The number of carboxylic acid groups (broad SMARTS) is 1. The van der Waals surface area contributed by atoms with E-state index in [0.29, 0.717) is 12.5 Å². The van der Waals surface area contributed by atoms with Gasteiger partial charge in [-0.15, -0.1) is 0 Å². The summed E-state index contributed by atoms with van der Waals surface area (Å²) in [6.07, 6.45) is 3.72. The normalized spacial score (nSPS) is 25.1. The zero-order chi connectivity index (χ0) is 20.4. The summed E-state index contributed by atoms with van der Waals surface area (Å²) >= 11 is 0. The van der Waals surface area contributed by atoms with Gasteiger partial charge in [-0.2, -0.15) is 0 Å². The lowest BCUT2D eigenvalue weighted by Gasteiger charge is -2.34. The molecule has 152 valence electrons. The molecule has 1 saturated carbocycles. The van der Waals surface area contributed by atoms with E-state index in [4.69, 9.17) is 0 Å². The van der Waals surface area contributed by atoms with E-state index in [-0.39, 0.29) is 23.9 Å². The maximum Gasteiger partial charge on any atom is 0.326 e. The highest BCUT2D eigenvalue weighted by molar-refractivity contribution is 5.85. The maximum atomic E-state index is 14.2. The monoisotopic (exact) mass is 394 g/mol. The van der Waals surface area contributed by atoms with Crippen LogP contribution in [0.3, 0.4) is 0 Å². The number of aliphatic carboxylic acids is 1. The minimum atomic E-state index is -1.05. The molecule has 0 spiro atoms. The van der Waals surface area contributed by atoms with Crippen LogP contribution in [-0.4, -0.2) is 39.9 Å². The lowest BCUT2D eigenvalue weighted by atomic mass is 9.84. The molecule has 3 rings (SSSR count). The number of carbonyl (C=O) groups excluding carboxylic acids is 2. The standard InChI is InChI=1S/C20H24F2N2O4/c1-11(25)23-16(14-7-6-13(21)9-15(14)22)10-19(26)24-17-5-3-2-4-12(17)8-18(24)20(27)28/h6-7,9,12,16-18H,2-5,8,10H2,1H3,(H,23,25)(H,27,28). The molecule has 4 unspecified atom stereocenters. The zero-order valence-corrected chi connectivity index (χ0v) is 15.7. The van der Waals surface area contributed by atoms with Gasteiger partial charge in [0.25, 0.3) is 0 Å². The van der Waals surface area contributed by atoms with Crippen molar-refractivity contribution >= 4 is 17.8 Å². The van der Waals surface area contributed by atoms with Gasteiger partial charge in [0.2, 0.25) is 11.8 Å². The first-order valence-corrected chi connectivity index (χ1v) is 9.54. The van der Waals surface area contributed by atoms with Crippen molar-refractivity contribution in [2.24, 2.45) is 5.92 Å². The molecule has 2 fully saturated rings. The fourth-order valence-corrected chi connectivity index (χ4v) is 4.59. The highest BCUT2D eigenvalue weighted by Crippen LogP contribution is 2.40. The zero-order valence-electron chi connectivity index (χ0n) is 15.7. The fraction of sp³-hybridized carbons (Fsp3) is 0.550. The first-order valence-electron chi connectivity index (χ1n) is 9.54. The van der Waals surface area contributed by atoms with E-state index < -0.39 is 41.5 Å². The smallest absolute Gasteiger partial charge is 0.326 e. The number of likely N-dealkylation sites (tertiary alicyclic amines) is 1. The van der Waals surface area contributed by atoms with Crippen molar-refractivity contribution in [3.8, 4) is 0 Å². The number of carbonyl (C=O) groups is 3. The number of carboxylic acids is 1. The molecule has 6 nitrogen and oxygen atoms in total. The molecular weight excluding hydrogens is 370 g/mol. The maximum absolute atomic E-state index is 14.2. The Morgan fingerprint density at radius 3 is 2.61 bits per heavy atom. The Morgan fingerprint density at radius 1 is 1.25 bits per heavy atom. The highest BCUT2D eigenvalue weighted by atomic mass is 19.1. The molecule has 1 aliphatic carbocycles. The predicted octanol–water partition coefficient (Wildman–Crippen LogP) is 2.78. The number of hydrogen-bond donors (Lipinski definition) is 2. The number of benzene rings is 1. The van der Waals surface area contributed by atoms with Crippen LogP contribution in [0.5, 0.6) is 0 Å². The number of nitrogens with one attached hydrogen (secondary N) is 1. The van der Waals surface area contributed by atoms with Gasteiger partial charge in [-0.25, -0.2) is 13.6 Å². The molecular formula is C20H24F2N2O4. The van der Waals surface area contributed by atoms with Crippen LogP contribution < -0.4 is 5.32 Å². The van der Waals surface area contributed by atoms with Crippen molar-refractivity contribution in [2.75, 3.05) is 0 Å². The van der Waals surface area contributed by atoms with Gasteiger partial charge in [0, 0.05) is 24.6 Å². The SMILES string of the molecule is CC(=O)NC(CC(=O)N1C(C(=O)O)CC2CCCCC21)c1ccc(F)cc1F. The highest BCUT2D eigenvalue weighted by Gasteiger charge is 2.47. The first-order chi connectivity index (χ1) is 13.3. The molecule has 1 aliphatic heterocycles. The van der Waals surface area contributed by atoms with Crippen molar-refractivity contribution in [1.29, 1.82) is 0 Å². The van der Waals surface area contributed by atoms with Crippen molar-refractivity contribution in [3.63, 3.8) is 0 Å². The van der Waals surface area contributed by atoms with Crippen molar-refractivity contribution in [2.45, 2.75) is 63.6 Å². The van der Waals surface area contributed by atoms with Gasteiger partial charge >= 0.3 is 5.97 Å². The van der Waals surface area contributed by atoms with E-state index in [9.17, 15) is 28.3 Å². The van der Waals surface area contributed by atoms with Crippen molar-refractivity contribution < 1.29 is 28.3 Å². The Kier molecular flexibility index (Phi) is 5.96. The molecule has 28 heavy (non-hydrogen) atoms. The van der Waals surface area contributed by atoms with E-state index in [2.05, 4.69) is 5.32 Å². The van der Waals surface area contributed by atoms with Gasteiger partial charge < -0.3 is 15.3 Å². The lowest BCUT2D eigenvalue weighted by Crippen LogP contribution is -2.47. The molecule has 0 aromatic heterocycles. The average molecular weight is 394 g/mol. The van der Waals surface area contributed by atoms with E-state index in [1.54, 1.807) is 0 Å². The van der Waals surface area contributed by atoms with Crippen LogP contribution >= 0.6 is 0 Å². The summed E-state index contributed by atoms with van der Waals surface area (Å²) in [6, 6.07) is 0.908. The van der Waals surface area contributed by atoms with E-state index in [0.717, 1.165) is 31.7 Å². The molecule has 2 aliphatic rings. The molecule has 0 bridgehead atoms. The van der Waals surface area contributed by atoms with Gasteiger partial charge in [-0.3, -0.25) is 9.59 Å². The molecule has 4 atom stereocenters. The molecule has 1 aromatic rings. The average Bonchev–Trinajstić information content (AvgIpc) is 3.00. The van der Waals surface area contributed by atoms with Crippen LogP contribution in [0.2, 0.25) is 0 Å². The minimum absolute atomic E-state index is 0.00350. The van der Waals surface area contributed by atoms with Crippen LogP contribution in [0.4, 0.5) is 8.78 Å². The van der Waals surface area contributed by atoms with Gasteiger partial charge in [0.05, 0.1) is 12.5 Å². The second-order valence-electron chi connectivity index (χ2n) is 7.63. The fourth-order valence-electron chi connectivity index (χ4n) is 4.59. The molecule has 8 heteroatoms. The summed E-state index contributed by atoms with van der Waals surface area (Å²) in [4.78, 5) is 37.8. The lowest BCUT2D eigenvalue weighted by molar-refractivity contribution is -0.150. The number of rotatable bonds is 5. The van der Waals surface area contributed by atoms with E-state index in [1.807, 2.05) is 0 Å². The third-order valence-electron chi connectivity index (χ3n) is 5.76. The number of halogens is 2. The summed E-state index contributed by atoms with van der Waals surface area (Å²) < 4.78 is 27.5. The third-order valence-corrected chi connectivity index (χ3v) is 5.76. The summed E-state index contributed by atoms with van der Waals surface area (Å²) in [5, 5.41) is 12.1. The van der Waals surface area contributed by atoms with Gasteiger partial charge in [-0.1, -0.05) is 18.9 Å².